The molecule has 2 rings (SSSR count). The van der Waals surface area contributed by atoms with E-state index in [1.54, 1.807) is 11.5 Å². The van der Waals surface area contributed by atoms with Gasteiger partial charge in [-0.05, 0) is 20.8 Å². The van der Waals surface area contributed by atoms with Gasteiger partial charge in [0.2, 0.25) is 5.91 Å². The highest BCUT2D eigenvalue weighted by Crippen LogP contribution is 2.16. The van der Waals surface area contributed by atoms with Crippen molar-refractivity contribution in [3.63, 3.8) is 0 Å². The van der Waals surface area contributed by atoms with Crippen LogP contribution in [0.1, 0.15) is 38.3 Å². The maximum absolute atomic E-state index is 12.2. The fourth-order valence-electron chi connectivity index (χ4n) is 1.78. The SMILES string of the molecule is CC(=O)Nc1nc(Cn2c(C)nn(C(C)C)c2=O)cs1. The van der Waals surface area contributed by atoms with E-state index < -0.39 is 0 Å². The summed E-state index contributed by atoms with van der Waals surface area (Å²) in [6.07, 6.45) is 0. The molecule has 0 aliphatic carbocycles. The Morgan fingerprint density at radius 3 is 2.75 bits per heavy atom. The topological polar surface area (TPSA) is 81.8 Å². The summed E-state index contributed by atoms with van der Waals surface area (Å²) in [5, 5.41) is 9.22. The largest absolute Gasteiger partial charge is 0.346 e. The van der Waals surface area contributed by atoms with Crippen molar-refractivity contribution in [3.8, 4) is 0 Å². The fraction of sp³-hybridized carbons (Fsp3) is 0.500. The maximum atomic E-state index is 12.2. The average Bonchev–Trinajstić information content (AvgIpc) is 2.88. The van der Waals surface area contributed by atoms with Crippen molar-refractivity contribution < 1.29 is 4.79 Å². The molecule has 0 aromatic carbocycles. The summed E-state index contributed by atoms with van der Waals surface area (Å²) in [7, 11) is 0. The summed E-state index contributed by atoms with van der Waals surface area (Å²) in [5.74, 6) is 0.490. The molecule has 0 radical (unpaired) electrons. The highest BCUT2D eigenvalue weighted by molar-refractivity contribution is 7.13. The lowest BCUT2D eigenvalue weighted by atomic mass is 10.4. The van der Waals surface area contributed by atoms with Gasteiger partial charge >= 0.3 is 5.69 Å². The molecule has 8 heteroatoms. The van der Waals surface area contributed by atoms with Gasteiger partial charge in [0.15, 0.2) is 5.13 Å². The lowest BCUT2D eigenvalue weighted by Crippen LogP contribution is -2.27. The van der Waals surface area contributed by atoms with Gasteiger partial charge < -0.3 is 5.32 Å². The van der Waals surface area contributed by atoms with Crippen LogP contribution in [0.4, 0.5) is 5.13 Å². The second kappa shape index (κ2) is 5.58. The molecule has 1 amide bonds. The smallest absolute Gasteiger partial charge is 0.302 e. The minimum atomic E-state index is -0.160. The molecule has 0 fully saturated rings. The molecular formula is C12H17N5O2S. The molecule has 20 heavy (non-hydrogen) atoms. The zero-order valence-electron chi connectivity index (χ0n) is 11.9. The van der Waals surface area contributed by atoms with Crippen molar-refractivity contribution in [2.75, 3.05) is 5.32 Å². The van der Waals surface area contributed by atoms with Gasteiger partial charge in [0.05, 0.1) is 18.3 Å². The van der Waals surface area contributed by atoms with Crippen LogP contribution < -0.4 is 11.0 Å². The van der Waals surface area contributed by atoms with Gasteiger partial charge in [-0.25, -0.2) is 14.5 Å². The van der Waals surface area contributed by atoms with Crippen LogP contribution in [-0.4, -0.2) is 25.2 Å². The van der Waals surface area contributed by atoms with E-state index in [-0.39, 0.29) is 17.6 Å². The first kappa shape index (κ1) is 14.4. The molecule has 2 aromatic heterocycles. The molecule has 0 bridgehead atoms. The van der Waals surface area contributed by atoms with Crippen LogP contribution >= 0.6 is 11.3 Å². The zero-order chi connectivity index (χ0) is 14.9. The van der Waals surface area contributed by atoms with E-state index >= 15 is 0 Å². The van der Waals surface area contributed by atoms with Gasteiger partial charge in [0.25, 0.3) is 0 Å². The highest BCUT2D eigenvalue weighted by Gasteiger charge is 2.13. The number of hydrogen-bond acceptors (Lipinski definition) is 5. The van der Waals surface area contributed by atoms with Gasteiger partial charge in [-0.1, -0.05) is 0 Å². The molecule has 0 aliphatic rings. The Balaban J connectivity index is 2.24. The van der Waals surface area contributed by atoms with Crippen LogP contribution in [0.3, 0.4) is 0 Å². The number of carbonyl (C=O) groups excluding carboxylic acids is 1. The molecule has 0 aliphatic heterocycles. The Bertz CT molecular complexity index is 682. The third-order valence-corrected chi connectivity index (χ3v) is 3.52. The van der Waals surface area contributed by atoms with Gasteiger partial charge in [-0.2, -0.15) is 5.10 Å². The number of aryl methyl sites for hydroxylation is 1. The van der Waals surface area contributed by atoms with Crippen LogP contribution in [0.25, 0.3) is 0 Å². The maximum Gasteiger partial charge on any atom is 0.346 e. The van der Waals surface area contributed by atoms with Crippen molar-refractivity contribution in [1.29, 1.82) is 0 Å². The van der Waals surface area contributed by atoms with E-state index in [2.05, 4.69) is 15.4 Å². The molecule has 2 aromatic rings. The van der Waals surface area contributed by atoms with Crippen molar-refractivity contribution in [3.05, 3.63) is 27.4 Å². The van der Waals surface area contributed by atoms with Crippen LogP contribution in [0.2, 0.25) is 0 Å². The van der Waals surface area contributed by atoms with Crippen LogP contribution in [0, 0.1) is 6.92 Å². The fourth-order valence-corrected chi connectivity index (χ4v) is 2.53. The third-order valence-electron chi connectivity index (χ3n) is 2.71. The zero-order valence-corrected chi connectivity index (χ0v) is 12.7. The van der Waals surface area contributed by atoms with Crippen molar-refractivity contribution in [2.24, 2.45) is 0 Å². The molecule has 7 nitrogen and oxygen atoms in total. The van der Waals surface area contributed by atoms with Crippen LogP contribution in [-0.2, 0) is 11.3 Å². The molecule has 0 saturated heterocycles. The molecule has 0 saturated carbocycles. The number of nitrogens with zero attached hydrogens (tertiary/aromatic N) is 4. The first-order valence-electron chi connectivity index (χ1n) is 6.26. The first-order valence-corrected chi connectivity index (χ1v) is 7.14. The van der Waals surface area contributed by atoms with E-state index in [1.807, 2.05) is 19.2 Å². The van der Waals surface area contributed by atoms with E-state index in [1.165, 1.54) is 22.9 Å². The van der Waals surface area contributed by atoms with E-state index in [4.69, 9.17) is 0 Å². The summed E-state index contributed by atoms with van der Waals surface area (Å²) in [6, 6.07) is 0.0211. The van der Waals surface area contributed by atoms with E-state index in [0.717, 1.165) is 5.69 Å². The first-order chi connectivity index (χ1) is 9.38. The normalized spacial score (nSPS) is 11.1. The Kier molecular flexibility index (Phi) is 4.03. The minimum absolute atomic E-state index is 0.0211. The highest BCUT2D eigenvalue weighted by atomic mass is 32.1. The lowest BCUT2D eigenvalue weighted by Gasteiger charge is -2.01. The summed E-state index contributed by atoms with van der Waals surface area (Å²) in [5.41, 5.74) is 0.582. The predicted octanol–water partition coefficient (Wildman–Crippen LogP) is 1.40. The summed E-state index contributed by atoms with van der Waals surface area (Å²) in [4.78, 5) is 27.4. The Morgan fingerprint density at radius 1 is 1.50 bits per heavy atom. The second-order valence-corrected chi connectivity index (χ2v) is 5.64. The molecule has 1 N–H and O–H groups in total. The number of amides is 1. The molecule has 2 heterocycles. The number of hydrogen-bond donors (Lipinski definition) is 1. The Hall–Kier alpha value is -1.96. The molecular weight excluding hydrogens is 278 g/mol. The quantitative estimate of drug-likeness (QED) is 0.924. The van der Waals surface area contributed by atoms with Crippen LogP contribution in [0.5, 0.6) is 0 Å². The average molecular weight is 295 g/mol. The van der Waals surface area contributed by atoms with Gasteiger partial charge in [-0.3, -0.25) is 9.36 Å². The monoisotopic (exact) mass is 295 g/mol. The van der Waals surface area contributed by atoms with E-state index in [0.29, 0.717) is 17.5 Å². The van der Waals surface area contributed by atoms with E-state index in [9.17, 15) is 9.59 Å². The van der Waals surface area contributed by atoms with Gasteiger partial charge in [0.1, 0.15) is 5.82 Å². The summed E-state index contributed by atoms with van der Waals surface area (Å²) < 4.78 is 3.03. The number of rotatable bonds is 4. The number of anilines is 1. The van der Waals surface area contributed by atoms with Crippen molar-refractivity contribution in [2.45, 2.75) is 40.3 Å². The standard InChI is InChI=1S/C12H17N5O2S/c1-7(2)17-12(19)16(8(3)15-17)5-10-6-20-11(14-10)13-9(4)18/h6-7H,5H2,1-4H3,(H,13,14,18). The molecule has 0 atom stereocenters. The van der Waals surface area contributed by atoms with Gasteiger partial charge in [0, 0.05) is 12.3 Å². The second-order valence-electron chi connectivity index (χ2n) is 4.78. The number of thiazole rings is 1. The van der Waals surface area contributed by atoms with Gasteiger partial charge in [-0.15, -0.1) is 11.3 Å². The predicted molar refractivity (Wildman–Crippen MR) is 77.1 cm³/mol. The summed E-state index contributed by atoms with van der Waals surface area (Å²) in [6.45, 7) is 7.41. The molecule has 0 unspecified atom stereocenters. The molecule has 108 valence electrons. The Morgan fingerprint density at radius 2 is 2.20 bits per heavy atom. The van der Waals surface area contributed by atoms with Crippen LogP contribution in [0.15, 0.2) is 10.2 Å². The lowest BCUT2D eigenvalue weighted by molar-refractivity contribution is -0.114. The Labute approximate surface area is 120 Å². The minimum Gasteiger partial charge on any atom is -0.302 e. The number of aromatic nitrogens is 4. The third kappa shape index (κ3) is 2.96. The van der Waals surface area contributed by atoms with Crippen molar-refractivity contribution in [1.82, 2.24) is 19.3 Å². The number of carbonyl (C=O) groups is 1. The van der Waals surface area contributed by atoms with Crippen molar-refractivity contribution >= 4 is 22.4 Å². The molecule has 0 spiro atoms. The summed E-state index contributed by atoms with van der Waals surface area (Å²) >= 11 is 1.34. The number of nitrogens with one attached hydrogen (secondary N) is 1.